The second-order valence-electron chi connectivity index (χ2n) is 7.30. The van der Waals surface area contributed by atoms with Crippen LogP contribution in [0, 0.1) is 6.92 Å². The fourth-order valence-corrected chi connectivity index (χ4v) is 3.12. The van der Waals surface area contributed by atoms with Gasteiger partial charge in [0.25, 0.3) is 5.91 Å². The number of amides is 2. The molecule has 3 rings (SSSR count). The molecule has 32 heavy (non-hydrogen) atoms. The lowest BCUT2D eigenvalue weighted by Gasteiger charge is -2.24. The molecule has 1 unspecified atom stereocenters. The van der Waals surface area contributed by atoms with Gasteiger partial charge in [0, 0.05) is 29.3 Å². The molecule has 1 aliphatic rings. The SMILES string of the molecule is CCC(=O)Nc1nccc2c1CN(C(C)c1cc(C)c(OCC(F)(F)C(F)F)nn1)C2=O. The first kappa shape index (κ1) is 23.4. The molecule has 0 spiro atoms. The maximum Gasteiger partial charge on any atom is 0.340 e. The molecule has 0 aromatic carbocycles. The van der Waals surface area contributed by atoms with E-state index in [4.69, 9.17) is 4.74 Å². The Kier molecular flexibility index (Phi) is 6.60. The van der Waals surface area contributed by atoms with Crippen LogP contribution in [0.25, 0.3) is 0 Å². The highest BCUT2D eigenvalue weighted by molar-refractivity contribution is 6.01. The number of hydrogen-bond acceptors (Lipinski definition) is 6. The average molecular weight is 455 g/mol. The number of fused-ring (bicyclic) bond motifs is 1. The van der Waals surface area contributed by atoms with E-state index >= 15 is 0 Å². The summed E-state index contributed by atoms with van der Waals surface area (Å²) in [5.41, 5.74) is 1.62. The van der Waals surface area contributed by atoms with Gasteiger partial charge in [-0.25, -0.2) is 13.8 Å². The molecule has 8 nitrogen and oxygen atoms in total. The molecule has 1 N–H and O–H groups in total. The van der Waals surface area contributed by atoms with E-state index in [0.717, 1.165) is 0 Å². The standard InChI is InChI=1S/C20H21F4N5O3/c1-4-15(30)26-16-13-8-29(18(31)12(13)5-6-25-16)11(3)14-7-10(2)17(28-27-14)32-9-20(23,24)19(21)22/h5-7,11,19H,4,8-9H2,1-3H3,(H,25,26,30). The Bertz CT molecular complexity index is 1030. The Morgan fingerprint density at radius 2 is 2.06 bits per heavy atom. The van der Waals surface area contributed by atoms with Gasteiger partial charge in [-0.3, -0.25) is 9.59 Å². The molecular formula is C20H21F4N5O3. The number of aromatic nitrogens is 3. The van der Waals surface area contributed by atoms with E-state index < -0.39 is 25.0 Å². The average Bonchev–Trinajstić information content (AvgIpc) is 3.09. The molecule has 0 saturated heterocycles. The number of rotatable bonds is 8. The van der Waals surface area contributed by atoms with Crippen molar-refractivity contribution in [1.82, 2.24) is 20.1 Å². The third-order valence-corrected chi connectivity index (χ3v) is 5.03. The van der Waals surface area contributed by atoms with Crippen LogP contribution in [0.3, 0.4) is 0 Å². The number of anilines is 1. The first-order valence-electron chi connectivity index (χ1n) is 9.76. The van der Waals surface area contributed by atoms with E-state index in [1.165, 1.54) is 24.1 Å². The van der Waals surface area contributed by atoms with Gasteiger partial charge in [0.2, 0.25) is 11.8 Å². The lowest BCUT2D eigenvalue weighted by molar-refractivity contribution is -0.148. The van der Waals surface area contributed by atoms with Gasteiger partial charge >= 0.3 is 12.3 Å². The van der Waals surface area contributed by atoms with Gasteiger partial charge in [-0.1, -0.05) is 6.92 Å². The van der Waals surface area contributed by atoms with Crippen LogP contribution >= 0.6 is 0 Å². The fourth-order valence-electron chi connectivity index (χ4n) is 3.12. The molecule has 0 fully saturated rings. The number of ether oxygens (including phenoxy) is 1. The molecule has 2 aromatic heterocycles. The Labute approximate surface area is 181 Å². The Morgan fingerprint density at radius 1 is 1.34 bits per heavy atom. The number of carbonyl (C=O) groups excluding carboxylic acids is 2. The quantitative estimate of drug-likeness (QED) is 0.612. The van der Waals surface area contributed by atoms with Crippen LogP contribution in [-0.4, -0.2) is 50.9 Å². The van der Waals surface area contributed by atoms with Crippen LogP contribution in [0.1, 0.15) is 53.5 Å². The highest BCUT2D eigenvalue weighted by Gasteiger charge is 2.42. The largest absolute Gasteiger partial charge is 0.470 e. The van der Waals surface area contributed by atoms with Gasteiger partial charge in [0.15, 0.2) is 6.61 Å². The van der Waals surface area contributed by atoms with Crippen molar-refractivity contribution in [1.29, 1.82) is 0 Å². The van der Waals surface area contributed by atoms with Crippen molar-refractivity contribution in [3.8, 4) is 5.88 Å². The third-order valence-electron chi connectivity index (χ3n) is 5.03. The summed E-state index contributed by atoms with van der Waals surface area (Å²) in [7, 11) is 0. The van der Waals surface area contributed by atoms with E-state index in [0.29, 0.717) is 28.2 Å². The minimum absolute atomic E-state index is 0.169. The molecular weight excluding hydrogens is 434 g/mol. The smallest absolute Gasteiger partial charge is 0.340 e. The molecule has 0 saturated carbocycles. The van der Waals surface area contributed by atoms with Gasteiger partial charge in [-0.15, -0.1) is 10.2 Å². The zero-order valence-electron chi connectivity index (χ0n) is 17.5. The molecule has 172 valence electrons. The van der Waals surface area contributed by atoms with Crippen molar-refractivity contribution in [2.75, 3.05) is 11.9 Å². The number of hydrogen-bond donors (Lipinski definition) is 1. The number of carbonyl (C=O) groups is 2. The maximum absolute atomic E-state index is 13.1. The summed E-state index contributed by atoms with van der Waals surface area (Å²) in [4.78, 5) is 30.3. The molecule has 3 heterocycles. The minimum atomic E-state index is -4.31. The summed E-state index contributed by atoms with van der Waals surface area (Å²) in [6.45, 7) is 3.54. The highest BCUT2D eigenvalue weighted by atomic mass is 19.3. The minimum Gasteiger partial charge on any atom is -0.470 e. The van der Waals surface area contributed by atoms with Crippen molar-refractivity contribution in [2.24, 2.45) is 0 Å². The molecule has 0 bridgehead atoms. The maximum atomic E-state index is 13.1. The Balaban J connectivity index is 1.77. The summed E-state index contributed by atoms with van der Waals surface area (Å²) in [5, 5.41) is 10.3. The van der Waals surface area contributed by atoms with Crippen LogP contribution in [0.5, 0.6) is 5.88 Å². The lowest BCUT2D eigenvalue weighted by atomic mass is 10.1. The van der Waals surface area contributed by atoms with E-state index in [2.05, 4.69) is 20.5 Å². The normalized spacial score (nSPS) is 14.5. The van der Waals surface area contributed by atoms with Crippen LogP contribution in [-0.2, 0) is 11.3 Å². The Hall–Kier alpha value is -3.31. The summed E-state index contributed by atoms with van der Waals surface area (Å²) >= 11 is 0. The van der Waals surface area contributed by atoms with E-state index in [1.54, 1.807) is 19.9 Å². The topological polar surface area (TPSA) is 97.3 Å². The third kappa shape index (κ3) is 4.63. The van der Waals surface area contributed by atoms with Crippen LogP contribution in [0.15, 0.2) is 18.3 Å². The monoisotopic (exact) mass is 455 g/mol. The van der Waals surface area contributed by atoms with E-state index in [1.807, 2.05) is 0 Å². The number of halogens is 4. The highest BCUT2D eigenvalue weighted by Crippen LogP contribution is 2.34. The molecule has 2 amide bonds. The van der Waals surface area contributed by atoms with Crippen molar-refractivity contribution in [2.45, 2.75) is 52.1 Å². The van der Waals surface area contributed by atoms with E-state index in [-0.39, 0.29) is 30.7 Å². The molecule has 0 radical (unpaired) electrons. The van der Waals surface area contributed by atoms with Crippen molar-refractivity contribution in [3.05, 3.63) is 40.7 Å². The summed E-state index contributed by atoms with van der Waals surface area (Å²) in [5.74, 6) is -4.83. The zero-order chi connectivity index (χ0) is 23.6. The van der Waals surface area contributed by atoms with Crippen molar-refractivity contribution in [3.63, 3.8) is 0 Å². The van der Waals surface area contributed by atoms with Crippen LogP contribution in [0.4, 0.5) is 23.4 Å². The summed E-state index contributed by atoms with van der Waals surface area (Å²) < 4.78 is 55.5. The summed E-state index contributed by atoms with van der Waals surface area (Å²) in [6.07, 6.45) is -2.17. The number of nitrogens with one attached hydrogen (secondary N) is 1. The van der Waals surface area contributed by atoms with Gasteiger partial charge in [-0.2, -0.15) is 8.78 Å². The van der Waals surface area contributed by atoms with Crippen molar-refractivity contribution >= 4 is 17.6 Å². The second-order valence-corrected chi connectivity index (χ2v) is 7.30. The van der Waals surface area contributed by atoms with Crippen LogP contribution in [0.2, 0.25) is 0 Å². The lowest BCUT2D eigenvalue weighted by Crippen LogP contribution is -2.34. The predicted octanol–water partition coefficient (Wildman–Crippen LogP) is 3.52. The predicted molar refractivity (Wildman–Crippen MR) is 105 cm³/mol. The number of aryl methyl sites for hydroxylation is 1. The Morgan fingerprint density at radius 3 is 2.69 bits per heavy atom. The second kappa shape index (κ2) is 9.05. The molecule has 1 atom stereocenters. The van der Waals surface area contributed by atoms with Gasteiger partial charge in [-0.05, 0) is 26.0 Å². The molecule has 2 aromatic rings. The number of nitrogens with zero attached hydrogens (tertiary/aromatic N) is 4. The molecule has 1 aliphatic heterocycles. The van der Waals surface area contributed by atoms with E-state index in [9.17, 15) is 27.2 Å². The van der Waals surface area contributed by atoms with Crippen LogP contribution < -0.4 is 10.1 Å². The molecule has 12 heteroatoms. The van der Waals surface area contributed by atoms with Gasteiger partial charge in [0.1, 0.15) is 5.82 Å². The van der Waals surface area contributed by atoms with Gasteiger partial charge in [0.05, 0.1) is 18.3 Å². The zero-order valence-corrected chi connectivity index (χ0v) is 17.5. The first-order chi connectivity index (χ1) is 15.0. The fraction of sp³-hybridized carbons (Fsp3) is 0.450. The number of pyridine rings is 1. The van der Waals surface area contributed by atoms with Crippen molar-refractivity contribution < 1.29 is 31.9 Å². The van der Waals surface area contributed by atoms with Gasteiger partial charge < -0.3 is 15.0 Å². The first-order valence-corrected chi connectivity index (χ1v) is 9.76. The molecule has 0 aliphatic carbocycles. The summed E-state index contributed by atoms with van der Waals surface area (Å²) in [6, 6.07) is 2.48. The number of alkyl halides is 4.